The van der Waals surface area contributed by atoms with E-state index < -0.39 is 0 Å². The van der Waals surface area contributed by atoms with E-state index in [0.717, 1.165) is 49.8 Å². The molecule has 3 aromatic rings. The summed E-state index contributed by atoms with van der Waals surface area (Å²) in [5.74, 6) is 1.50. The molecular formula is C24H28FN5. The fraction of sp³-hybridized carbons (Fsp3) is 0.333. The van der Waals surface area contributed by atoms with Gasteiger partial charge in [-0.1, -0.05) is 42.5 Å². The third kappa shape index (κ3) is 4.87. The molecule has 1 saturated carbocycles. The molecule has 30 heavy (non-hydrogen) atoms. The van der Waals surface area contributed by atoms with E-state index in [1.165, 1.54) is 11.6 Å². The predicted molar refractivity (Wildman–Crippen MR) is 118 cm³/mol. The van der Waals surface area contributed by atoms with E-state index in [2.05, 4.69) is 32.3 Å². The van der Waals surface area contributed by atoms with Gasteiger partial charge in [0.1, 0.15) is 18.2 Å². The highest BCUT2D eigenvalue weighted by Gasteiger charge is 2.44. The number of hydrogen-bond donors (Lipinski definition) is 2. The van der Waals surface area contributed by atoms with Crippen molar-refractivity contribution in [1.29, 1.82) is 0 Å². The molecule has 0 radical (unpaired) electrons. The van der Waals surface area contributed by atoms with Crippen LogP contribution in [0, 0.1) is 5.82 Å². The van der Waals surface area contributed by atoms with Gasteiger partial charge in [0.15, 0.2) is 5.96 Å². The Morgan fingerprint density at radius 3 is 2.70 bits per heavy atom. The molecule has 1 aliphatic rings. The average Bonchev–Trinajstić information content (AvgIpc) is 3.44. The summed E-state index contributed by atoms with van der Waals surface area (Å²) in [5, 5.41) is 6.76. The first-order chi connectivity index (χ1) is 14.7. The van der Waals surface area contributed by atoms with Gasteiger partial charge in [0.25, 0.3) is 0 Å². The molecule has 0 aliphatic heterocycles. The van der Waals surface area contributed by atoms with Crippen molar-refractivity contribution in [2.24, 2.45) is 4.99 Å². The molecule has 1 heterocycles. The van der Waals surface area contributed by atoms with Crippen molar-refractivity contribution in [2.45, 2.75) is 38.3 Å². The molecule has 1 aliphatic carbocycles. The summed E-state index contributed by atoms with van der Waals surface area (Å²) in [6.07, 6.45) is 5.92. The molecule has 1 fully saturated rings. The monoisotopic (exact) mass is 405 g/mol. The number of rotatable bonds is 8. The molecule has 4 rings (SSSR count). The van der Waals surface area contributed by atoms with Crippen LogP contribution in [0.15, 0.2) is 72.0 Å². The Bertz CT molecular complexity index is 992. The lowest BCUT2D eigenvalue weighted by atomic mass is 9.96. The zero-order valence-corrected chi connectivity index (χ0v) is 17.3. The zero-order valence-electron chi connectivity index (χ0n) is 17.3. The van der Waals surface area contributed by atoms with Crippen LogP contribution in [-0.4, -0.2) is 28.6 Å². The molecule has 1 aromatic heterocycles. The highest BCUT2D eigenvalue weighted by atomic mass is 19.1. The van der Waals surface area contributed by atoms with Crippen molar-refractivity contribution in [1.82, 2.24) is 20.2 Å². The van der Waals surface area contributed by atoms with Gasteiger partial charge in [-0.2, -0.15) is 0 Å². The fourth-order valence-electron chi connectivity index (χ4n) is 3.70. The summed E-state index contributed by atoms with van der Waals surface area (Å²) in [4.78, 5) is 9.22. The fourth-order valence-corrected chi connectivity index (χ4v) is 3.70. The summed E-state index contributed by atoms with van der Waals surface area (Å²) < 4.78 is 15.8. The van der Waals surface area contributed by atoms with Gasteiger partial charge >= 0.3 is 0 Å². The highest BCUT2D eigenvalue weighted by molar-refractivity contribution is 5.79. The Labute approximate surface area is 177 Å². The summed E-state index contributed by atoms with van der Waals surface area (Å²) in [6.45, 7) is 4.82. The van der Waals surface area contributed by atoms with Crippen LogP contribution in [-0.2, 0) is 18.5 Å². The van der Waals surface area contributed by atoms with Gasteiger partial charge in [-0.15, -0.1) is 0 Å². The second-order valence-corrected chi connectivity index (χ2v) is 7.80. The third-order valence-corrected chi connectivity index (χ3v) is 5.61. The van der Waals surface area contributed by atoms with E-state index in [4.69, 9.17) is 4.99 Å². The molecule has 0 bridgehead atoms. The molecule has 0 amide bonds. The normalized spacial score (nSPS) is 15.1. The Hall–Kier alpha value is -3.15. The second kappa shape index (κ2) is 9.11. The standard InChI is InChI=1S/C24H28FN5/c1-2-26-23(29-18-24(11-12-24)20-9-6-10-21(25)15-20)28-16-22-27-13-14-30(22)17-19-7-4-3-5-8-19/h3-10,13-15H,2,11-12,16-18H2,1H3,(H2,26,28,29). The molecule has 5 nitrogen and oxygen atoms in total. The van der Waals surface area contributed by atoms with Gasteiger partial charge in [-0.25, -0.2) is 14.4 Å². The number of nitrogens with one attached hydrogen (secondary N) is 2. The first kappa shape index (κ1) is 20.1. The van der Waals surface area contributed by atoms with Gasteiger partial charge in [-0.05, 0) is 43.0 Å². The van der Waals surface area contributed by atoms with Gasteiger partial charge in [0.2, 0.25) is 0 Å². The van der Waals surface area contributed by atoms with E-state index in [1.807, 2.05) is 43.6 Å². The van der Waals surface area contributed by atoms with E-state index >= 15 is 0 Å². The topological polar surface area (TPSA) is 54.2 Å². The van der Waals surface area contributed by atoms with Crippen LogP contribution in [0.25, 0.3) is 0 Å². The first-order valence-corrected chi connectivity index (χ1v) is 10.5. The van der Waals surface area contributed by atoms with Crippen LogP contribution in [0.2, 0.25) is 0 Å². The summed E-state index contributed by atoms with van der Waals surface area (Å²) in [7, 11) is 0. The van der Waals surface area contributed by atoms with Crippen LogP contribution in [0.1, 0.15) is 36.7 Å². The molecule has 0 saturated heterocycles. The molecule has 0 spiro atoms. The van der Waals surface area contributed by atoms with Gasteiger partial charge in [0.05, 0.1) is 0 Å². The molecule has 0 atom stereocenters. The number of benzene rings is 2. The van der Waals surface area contributed by atoms with Crippen LogP contribution in [0.5, 0.6) is 0 Å². The van der Waals surface area contributed by atoms with Crippen molar-refractivity contribution in [3.8, 4) is 0 Å². The van der Waals surface area contributed by atoms with Crippen molar-refractivity contribution < 1.29 is 4.39 Å². The lowest BCUT2D eigenvalue weighted by molar-refractivity contribution is 0.606. The SMILES string of the molecule is CCNC(=NCc1nccn1Cc1ccccc1)NCC1(c2cccc(F)c2)CC1. The van der Waals surface area contributed by atoms with Gasteiger partial charge < -0.3 is 15.2 Å². The van der Waals surface area contributed by atoms with Crippen molar-refractivity contribution in [3.05, 3.63) is 89.8 Å². The molecular weight excluding hydrogens is 377 g/mol. The Kier molecular flexibility index (Phi) is 6.12. The maximum Gasteiger partial charge on any atom is 0.191 e. The minimum absolute atomic E-state index is 0.00404. The summed E-state index contributed by atoms with van der Waals surface area (Å²) in [6, 6.07) is 17.3. The molecule has 6 heteroatoms. The number of imidazole rings is 1. The number of guanidine groups is 1. The zero-order chi connectivity index (χ0) is 20.8. The number of nitrogens with zero attached hydrogens (tertiary/aromatic N) is 3. The van der Waals surface area contributed by atoms with Gasteiger partial charge in [0, 0.05) is 37.4 Å². The second-order valence-electron chi connectivity index (χ2n) is 7.80. The Morgan fingerprint density at radius 2 is 1.97 bits per heavy atom. The molecule has 156 valence electrons. The maximum absolute atomic E-state index is 13.7. The minimum atomic E-state index is -0.176. The van der Waals surface area contributed by atoms with E-state index in [-0.39, 0.29) is 11.2 Å². The molecule has 2 aromatic carbocycles. The smallest absolute Gasteiger partial charge is 0.191 e. The average molecular weight is 406 g/mol. The van der Waals surface area contributed by atoms with Crippen LogP contribution < -0.4 is 10.6 Å². The van der Waals surface area contributed by atoms with Crippen LogP contribution in [0.4, 0.5) is 4.39 Å². The lowest BCUT2D eigenvalue weighted by Crippen LogP contribution is -2.41. The third-order valence-electron chi connectivity index (χ3n) is 5.61. The predicted octanol–water partition coefficient (Wildman–Crippen LogP) is 3.86. The van der Waals surface area contributed by atoms with Crippen molar-refractivity contribution in [2.75, 3.05) is 13.1 Å². The summed E-state index contributed by atoms with van der Waals surface area (Å²) >= 11 is 0. The van der Waals surface area contributed by atoms with Crippen LogP contribution in [0.3, 0.4) is 0 Å². The quantitative estimate of drug-likeness (QED) is 0.442. The highest BCUT2D eigenvalue weighted by Crippen LogP contribution is 2.47. The molecule has 0 unspecified atom stereocenters. The molecule has 2 N–H and O–H groups in total. The Balaban J connectivity index is 1.41. The Morgan fingerprint density at radius 1 is 1.13 bits per heavy atom. The number of aromatic nitrogens is 2. The van der Waals surface area contributed by atoms with E-state index in [0.29, 0.717) is 6.54 Å². The van der Waals surface area contributed by atoms with E-state index in [1.54, 1.807) is 12.1 Å². The number of hydrogen-bond acceptors (Lipinski definition) is 2. The van der Waals surface area contributed by atoms with E-state index in [9.17, 15) is 4.39 Å². The summed E-state index contributed by atoms with van der Waals surface area (Å²) in [5.41, 5.74) is 2.30. The van der Waals surface area contributed by atoms with Crippen molar-refractivity contribution >= 4 is 5.96 Å². The largest absolute Gasteiger partial charge is 0.357 e. The van der Waals surface area contributed by atoms with Gasteiger partial charge in [-0.3, -0.25) is 0 Å². The maximum atomic E-state index is 13.7. The number of aliphatic imine (C=N–C) groups is 1. The lowest BCUT2D eigenvalue weighted by Gasteiger charge is -2.19. The minimum Gasteiger partial charge on any atom is -0.357 e. The first-order valence-electron chi connectivity index (χ1n) is 10.5. The van der Waals surface area contributed by atoms with Crippen molar-refractivity contribution in [3.63, 3.8) is 0 Å². The number of halogens is 1. The van der Waals surface area contributed by atoms with Crippen LogP contribution >= 0.6 is 0 Å².